The van der Waals surface area contributed by atoms with E-state index in [-0.39, 0.29) is 17.8 Å². The number of benzene rings is 1. The third kappa shape index (κ3) is 2.66. The van der Waals surface area contributed by atoms with Gasteiger partial charge in [-0.05, 0) is 32.0 Å². The van der Waals surface area contributed by atoms with E-state index >= 15 is 0 Å². The average Bonchev–Trinajstić information content (AvgIpc) is 3.07. The quantitative estimate of drug-likeness (QED) is 0.682. The molecule has 4 heterocycles. The summed E-state index contributed by atoms with van der Waals surface area (Å²) in [6.07, 6.45) is 3.74. The summed E-state index contributed by atoms with van der Waals surface area (Å²) in [6, 6.07) is 9.61. The highest BCUT2D eigenvalue weighted by Gasteiger charge is 2.31. The summed E-state index contributed by atoms with van der Waals surface area (Å²) in [6.45, 7) is 5.16. The molecule has 2 aliphatic heterocycles. The van der Waals surface area contributed by atoms with Crippen molar-refractivity contribution in [3.05, 3.63) is 41.6 Å². The Labute approximate surface area is 162 Å². The number of rotatable bonds is 1. The summed E-state index contributed by atoms with van der Waals surface area (Å²) in [5, 5.41) is 20.0. The van der Waals surface area contributed by atoms with E-state index in [0.29, 0.717) is 11.3 Å². The summed E-state index contributed by atoms with van der Waals surface area (Å²) < 4.78 is 0. The number of hydrogen-bond donors (Lipinski definition) is 2. The molecule has 0 fully saturated rings. The first-order valence-electron chi connectivity index (χ1n) is 9.65. The third-order valence-corrected chi connectivity index (χ3v) is 5.59. The van der Waals surface area contributed by atoms with Gasteiger partial charge in [0.25, 0.3) is 0 Å². The van der Waals surface area contributed by atoms with Crippen molar-refractivity contribution in [3.8, 4) is 17.0 Å². The van der Waals surface area contributed by atoms with Gasteiger partial charge in [0.2, 0.25) is 5.96 Å². The second-order valence-corrected chi connectivity index (χ2v) is 7.47. The molecule has 28 heavy (non-hydrogen) atoms. The minimum atomic E-state index is 0.125. The number of guanidine groups is 1. The molecule has 142 valence electrons. The first kappa shape index (κ1) is 16.9. The van der Waals surface area contributed by atoms with Crippen LogP contribution in [0.3, 0.4) is 0 Å². The Morgan fingerprint density at radius 3 is 2.86 bits per heavy atom. The van der Waals surface area contributed by atoms with Crippen LogP contribution in [0.4, 0.5) is 0 Å². The number of nitrogens with one attached hydrogen (secondary N) is 1. The maximum absolute atomic E-state index is 10.2. The number of phenols is 1. The molecule has 0 radical (unpaired) electrons. The van der Waals surface area contributed by atoms with Gasteiger partial charge in [-0.15, -0.1) is 10.2 Å². The minimum Gasteiger partial charge on any atom is -0.507 e. The Bertz CT molecular complexity index is 1120. The first-order chi connectivity index (χ1) is 13.6. The van der Waals surface area contributed by atoms with E-state index in [1.165, 1.54) is 11.3 Å². The summed E-state index contributed by atoms with van der Waals surface area (Å²) in [4.78, 5) is 15.0. The van der Waals surface area contributed by atoms with E-state index in [0.717, 1.165) is 36.4 Å². The van der Waals surface area contributed by atoms with E-state index in [4.69, 9.17) is 4.99 Å². The Hall–Kier alpha value is -3.22. The minimum absolute atomic E-state index is 0.125. The lowest BCUT2D eigenvalue weighted by molar-refractivity contribution is 0.313. The van der Waals surface area contributed by atoms with Crippen LogP contribution in [-0.2, 0) is 6.42 Å². The smallest absolute Gasteiger partial charge is 0.221 e. The number of aromatic hydroxyl groups is 1. The molecule has 0 aliphatic carbocycles. The second kappa shape index (κ2) is 6.44. The molecular weight excluding hydrogens is 352 g/mol. The van der Waals surface area contributed by atoms with Crippen LogP contribution < -0.4 is 0 Å². The Kier molecular flexibility index (Phi) is 3.89. The molecule has 2 atom stereocenters. The van der Waals surface area contributed by atoms with Crippen molar-refractivity contribution in [1.82, 2.24) is 20.1 Å². The van der Waals surface area contributed by atoms with Gasteiger partial charge in [0, 0.05) is 47.8 Å². The van der Waals surface area contributed by atoms with Gasteiger partial charge in [-0.1, -0.05) is 12.1 Å². The molecule has 0 amide bonds. The highest BCUT2D eigenvalue weighted by Crippen LogP contribution is 2.37. The van der Waals surface area contributed by atoms with Crippen molar-refractivity contribution in [3.63, 3.8) is 0 Å². The average molecular weight is 374 g/mol. The van der Waals surface area contributed by atoms with Gasteiger partial charge in [-0.2, -0.15) is 0 Å². The van der Waals surface area contributed by atoms with E-state index < -0.39 is 0 Å². The highest BCUT2D eigenvalue weighted by molar-refractivity contribution is 5.92. The number of H-pyrrole nitrogens is 1. The Morgan fingerprint density at radius 2 is 2.04 bits per heavy atom. The monoisotopic (exact) mass is 374 g/mol. The normalized spacial score (nSPS) is 21.6. The zero-order valence-electron chi connectivity index (χ0n) is 15.9. The van der Waals surface area contributed by atoms with Crippen LogP contribution in [0.25, 0.3) is 22.3 Å². The Balaban J connectivity index is 1.60. The highest BCUT2D eigenvalue weighted by atomic mass is 16.3. The first-order valence-corrected chi connectivity index (χ1v) is 9.65. The molecule has 2 N–H and O–H groups in total. The SMILES string of the molecule is CC1CC=NC(N2CCc3[nH]c4nnc(-c5ccccc5O)cc4c3[C@H]2C)=N1. The summed E-state index contributed by atoms with van der Waals surface area (Å²) in [5.41, 5.74) is 4.53. The van der Waals surface area contributed by atoms with Gasteiger partial charge in [0.15, 0.2) is 5.65 Å². The van der Waals surface area contributed by atoms with Gasteiger partial charge in [0.05, 0.1) is 17.8 Å². The van der Waals surface area contributed by atoms with Crippen LogP contribution in [0.15, 0.2) is 40.3 Å². The lowest BCUT2D eigenvalue weighted by Gasteiger charge is -2.35. The predicted octanol–water partition coefficient (Wildman–Crippen LogP) is 3.47. The number of aliphatic imine (C=N–C) groups is 2. The van der Waals surface area contributed by atoms with Crippen molar-refractivity contribution < 1.29 is 5.11 Å². The predicted molar refractivity (Wildman–Crippen MR) is 110 cm³/mol. The molecule has 1 unspecified atom stereocenters. The fourth-order valence-corrected chi connectivity index (χ4v) is 4.13. The number of aromatic amines is 1. The molecule has 0 saturated carbocycles. The number of hydrogen-bond acceptors (Lipinski definition) is 6. The van der Waals surface area contributed by atoms with E-state index in [1.807, 2.05) is 24.4 Å². The van der Waals surface area contributed by atoms with Crippen LogP contribution in [0.2, 0.25) is 0 Å². The number of fused-ring (bicyclic) bond motifs is 3. The fourth-order valence-electron chi connectivity index (χ4n) is 4.13. The van der Waals surface area contributed by atoms with Crippen LogP contribution in [0, 0.1) is 0 Å². The summed E-state index contributed by atoms with van der Waals surface area (Å²) in [5.74, 6) is 1.02. The Morgan fingerprint density at radius 1 is 1.18 bits per heavy atom. The van der Waals surface area contributed by atoms with E-state index in [1.54, 1.807) is 12.1 Å². The molecule has 1 aromatic carbocycles. The van der Waals surface area contributed by atoms with Crippen molar-refractivity contribution in [1.29, 1.82) is 0 Å². The molecular formula is C21H22N6O. The number of nitrogens with zero attached hydrogens (tertiary/aromatic N) is 5. The van der Waals surface area contributed by atoms with Gasteiger partial charge in [-0.25, -0.2) is 9.98 Å². The van der Waals surface area contributed by atoms with Crippen LogP contribution in [0.1, 0.15) is 37.6 Å². The van der Waals surface area contributed by atoms with Gasteiger partial charge >= 0.3 is 0 Å². The number of para-hydroxylation sites is 1. The molecule has 2 aliphatic rings. The topological polar surface area (TPSA) is 89.8 Å². The van der Waals surface area contributed by atoms with Crippen molar-refractivity contribution in [2.24, 2.45) is 9.98 Å². The van der Waals surface area contributed by atoms with Crippen LogP contribution in [-0.4, -0.2) is 49.9 Å². The fraction of sp³-hybridized carbons (Fsp3) is 0.333. The van der Waals surface area contributed by atoms with Gasteiger partial charge in [-0.3, -0.25) is 0 Å². The largest absolute Gasteiger partial charge is 0.507 e. The standard InChI is InChI=1S/C21H22N6O/c1-12-7-9-22-21(23-12)27-10-8-16-19(13(27)2)15-11-17(25-26-20(15)24-16)14-5-3-4-6-18(14)28/h3-6,9,11-13,28H,7-8,10H2,1-2H3,(H,24,26)/t12?,13-/m1/s1. The van der Waals surface area contributed by atoms with E-state index in [2.05, 4.69) is 38.9 Å². The van der Waals surface area contributed by atoms with Gasteiger partial charge in [0.1, 0.15) is 5.75 Å². The zero-order valence-corrected chi connectivity index (χ0v) is 15.9. The molecule has 5 rings (SSSR count). The molecule has 2 aromatic heterocycles. The second-order valence-electron chi connectivity index (χ2n) is 7.47. The lowest BCUT2D eigenvalue weighted by atomic mass is 9.97. The molecule has 3 aromatic rings. The van der Waals surface area contributed by atoms with E-state index in [9.17, 15) is 5.11 Å². The molecule has 0 bridgehead atoms. The third-order valence-electron chi connectivity index (χ3n) is 5.59. The van der Waals surface area contributed by atoms with Crippen molar-refractivity contribution in [2.75, 3.05) is 6.54 Å². The van der Waals surface area contributed by atoms with Gasteiger partial charge < -0.3 is 15.0 Å². The van der Waals surface area contributed by atoms with Crippen LogP contribution >= 0.6 is 0 Å². The molecule has 0 saturated heterocycles. The molecule has 7 heteroatoms. The lowest BCUT2D eigenvalue weighted by Crippen LogP contribution is -2.39. The summed E-state index contributed by atoms with van der Waals surface area (Å²) in [7, 11) is 0. The van der Waals surface area contributed by atoms with Crippen molar-refractivity contribution >= 4 is 23.2 Å². The van der Waals surface area contributed by atoms with Crippen LogP contribution in [0.5, 0.6) is 5.75 Å². The number of phenolic OH excluding ortho intramolecular Hbond substituents is 1. The number of aromatic nitrogens is 3. The maximum Gasteiger partial charge on any atom is 0.221 e. The molecule has 0 spiro atoms. The van der Waals surface area contributed by atoms with Crippen molar-refractivity contribution in [2.45, 2.75) is 38.8 Å². The maximum atomic E-state index is 10.2. The zero-order chi connectivity index (χ0) is 19.3. The molecule has 7 nitrogen and oxygen atoms in total. The summed E-state index contributed by atoms with van der Waals surface area (Å²) >= 11 is 0.